The van der Waals surface area contributed by atoms with Crippen LogP contribution in [0.1, 0.15) is 41.9 Å². The van der Waals surface area contributed by atoms with Gasteiger partial charge in [0.2, 0.25) is 0 Å². The number of imidazole rings is 1. The number of amides is 1. The Labute approximate surface area is 191 Å². The zero-order valence-corrected chi connectivity index (χ0v) is 18.8. The van der Waals surface area contributed by atoms with E-state index in [4.69, 9.17) is 5.10 Å². The third kappa shape index (κ3) is 3.63. The molecule has 2 unspecified atom stereocenters. The zero-order valence-electron chi connectivity index (χ0n) is 18.8. The molecule has 9 heteroatoms. The van der Waals surface area contributed by atoms with Gasteiger partial charge in [-0.05, 0) is 31.9 Å². The van der Waals surface area contributed by atoms with Gasteiger partial charge in [-0.3, -0.25) is 9.79 Å². The van der Waals surface area contributed by atoms with Crippen LogP contribution in [0.15, 0.2) is 41.5 Å². The molecular formula is C24H26FN7O. The van der Waals surface area contributed by atoms with Crippen LogP contribution in [0.25, 0.3) is 11.3 Å². The van der Waals surface area contributed by atoms with E-state index >= 15 is 0 Å². The van der Waals surface area contributed by atoms with Gasteiger partial charge in [-0.25, -0.2) is 13.9 Å². The van der Waals surface area contributed by atoms with Crippen molar-refractivity contribution in [3.8, 4) is 0 Å². The Kier molecular flexibility index (Phi) is 5.32. The molecule has 1 amide bonds. The van der Waals surface area contributed by atoms with Crippen molar-refractivity contribution in [1.82, 2.24) is 19.9 Å². The van der Waals surface area contributed by atoms with Crippen molar-refractivity contribution in [2.75, 3.05) is 23.8 Å². The van der Waals surface area contributed by atoms with Gasteiger partial charge < -0.3 is 15.5 Å². The molecule has 1 saturated carbocycles. The van der Waals surface area contributed by atoms with Crippen LogP contribution in [0.2, 0.25) is 0 Å². The van der Waals surface area contributed by atoms with Crippen molar-refractivity contribution in [1.29, 1.82) is 0 Å². The molecule has 3 heterocycles. The molecule has 5 rings (SSSR count). The maximum atomic E-state index is 13.3. The molecule has 0 spiro atoms. The molecule has 33 heavy (non-hydrogen) atoms. The highest BCUT2D eigenvalue weighted by molar-refractivity contribution is 5.94. The fraction of sp³-hybridized carbons (Fsp3) is 0.333. The number of aliphatic imine (C=N–C) groups is 1. The predicted octanol–water partition coefficient (Wildman–Crippen LogP) is 3.76. The highest BCUT2D eigenvalue weighted by atomic mass is 19.1. The first kappa shape index (κ1) is 21.1. The van der Waals surface area contributed by atoms with Crippen LogP contribution in [-0.4, -0.2) is 52.5 Å². The van der Waals surface area contributed by atoms with E-state index in [-0.39, 0.29) is 11.6 Å². The Morgan fingerprint density at radius 3 is 2.85 bits per heavy atom. The second-order valence-electron chi connectivity index (χ2n) is 8.14. The molecule has 1 aromatic carbocycles. The molecule has 3 aromatic rings. The lowest BCUT2D eigenvalue weighted by atomic mass is 10.0. The van der Waals surface area contributed by atoms with Gasteiger partial charge >= 0.3 is 0 Å². The maximum absolute atomic E-state index is 13.3. The molecule has 1 fully saturated rings. The van der Waals surface area contributed by atoms with Crippen LogP contribution in [-0.2, 0) is 6.42 Å². The number of anilines is 3. The molecule has 0 radical (unpaired) electrons. The second kappa shape index (κ2) is 8.31. The molecule has 0 bridgehead atoms. The number of aromatic nitrogens is 3. The summed E-state index contributed by atoms with van der Waals surface area (Å²) < 4.78 is 14.8. The number of nitrogens with zero attached hydrogens (tertiary/aromatic N) is 5. The van der Waals surface area contributed by atoms with Gasteiger partial charge in [0, 0.05) is 43.5 Å². The SMILES string of the molecule is CC=N/C(=C\C)c1cccc2c1CCN2c1cc(NC)c2ncc(C(=O)NC3CC3F)n2n1. The van der Waals surface area contributed by atoms with Crippen molar-refractivity contribution in [3.05, 3.63) is 53.4 Å². The number of benzene rings is 1. The molecule has 1 aliphatic carbocycles. The van der Waals surface area contributed by atoms with Crippen molar-refractivity contribution in [2.45, 2.75) is 38.9 Å². The summed E-state index contributed by atoms with van der Waals surface area (Å²) in [5.74, 6) is 0.323. The molecule has 2 atom stereocenters. The minimum atomic E-state index is -0.973. The molecule has 2 N–H and O–H groups in total. The van der Waals surface area contributed by atoms with E-state index in [9.17, 15) is 9.18 Å². The Hall–Kier alpha value is -3.75. The summed E-state index contributed by atoms with van der Waals surface area (Å²) >= 11 is 0. The lowest BCUT2D eigenvalue weighted by Gasteiger charge is -2.20. The average Bonchev–Trinajstić information content (AvgIpc) is 3.19. The topological polar surface area (TPSA) is 86.9 Å². The molecule has 8 nitrogen and oxygen atoms in total. The van der Waals surface area contributed by atoms with Crippen molar-refractivity contribution in [3.63, 3.8) is 0 Å². The van der Waals surface area contributed by atoms with Crippen LogP contribution in [0.5, 0.6) is 0 Å². The number of halogens is 1. The average molecular weight is 448 g/mol. The fourth-order valence-electron chi connectivity index (χ4n) is 4.33. The number of rotatable bonds is 6. The van der Waals surface area contributed by atoms with Crippen LogP contribution < -0.4 is 15.5 Å². The number of nitrogens with one attached hydrogen (secondary N) is 2. The van der Waals surface area contributed by atoms with Gasteiger partial charge in [0.1, 0.15) is 6.17 Å². The molecule has 170 valence electrons. The van der Waals surface area contributed by atoms with E-state index in [2.05, 4.69) is 37.6 Å². The first-order valence-corrected chi connectivity index (χ1v) is 11.1. The highest BCUT2D eigenvalue weighted by Gasteiger charge is 2.39. The highest BCUT2D eigenvalue weighted by Crippen LogP contribution is 2.39. The Balaban J connectivity index is 1.57. The number of hydrogen-bond acceptors (Lipinski definition) is 6. The lowest BCUT2D eigenvalue weighted by Crippen LogP contribution is -2.28. The zero-order chi connectivity index (χ0) is 23.1. The van der Waals surface area contributed by atoms with E-state index in [1.807, 2.05) is 39.1 Å². The Morgan fingerprint density at radius 1 is 1.33 bits per heavy atom. The van der Waals surface area contributed by atoms with E-state index in [1.165, 1.54) is 16.3 Å². The van der Waals surface area contributed by atoms with Gasteiger partial charge in [0.15, 0.2) is 17.2 Å². The molecule has 1 aliphatic heterocycles. The molecule has 0 saturated heterocycles. The largest absolute Gasteiger partial charge is 0.385 e. The summed E-state index contributed by atoms with van der Waals surface area (Å²) in [7, 11) is 1.81. The Morgan fingerprint density at radius 2 is 2.15 bits per heavy atom. The van der Waals surface area contributed by atoms with Crippen molar-refractivity contribution >= 4 is 40.7 Å². The van der Waals surface area contributed by atoms with Gasteiger partial charge in [-0.2, -0.15) is 0 Å². The number of hydrogen-bond donors (Lipinski definition) is 2. The van der Waals surface area contributed by atoms with Crippen LogP contribution in [0.4, 0.5) is 21.6 Å². The predicted molar refractivity (Wildman–Crippen MR) is 128 cm³/mol. The molecule has 2 aromatic heterocycles. The third-order valence-corrected chi connectivity index (χ3v) is 6.11. The summed E-state index contributed by atoms with van der Waals surface area (Å²) in [4.78, 5) is 23.8. The minimum absolute atomic E-state index is 0.282. The molecular weight excluding hydrogens is 421 g/mol. The van der Waals surface area contributed by atoms with E-state index in [0.29, 0.717) is 17.9 Å². The van der Waals surface area contributed by atoms with Gasteiger partial charge in [-0.15, -0.1) is 5.10 Å². The van der Waals surface area contributed by atoms with E-state index < -0.39 is 12.2 Å². The normalized spacial score (nSPS) is 19.9. The summed E-state index contributed by atoms with van der Waals surface area (Å²) in [5, 5.41) is 10.6. The number of allylic oxidation sites excluding steroid dienone is 1. The molecule has 2 aliphatic rings. The minimum Gasteiger partial charge on any atom is -0.385 e. The third-order valence-electron chi connectivity index (χ3n) is 6.11. The van der Waals surface area contributed by atoms with Gasteiger partial charge in [-0.1, -0.05) is 18.2 Å². The van der Waals surface area contributed by atoms with Crippen molar-refractivity contribution in [2.24, 2.45) is 4.99 Å². The smallest absolute Gasteiger partial charge is 0.271 e. The first-order chi connectivity index (χ1) is 16.0. The second-order valence-corrected chi connectivity index (χ2v) is 8.14. The number of fused-ring (bicyclic) bond motifs is 2. The van der Waals surface area contributed by atoms with Crippen LogP contribution in [0, 0.1) is 0 Å². The van der Waals surface area contributed by atoms with E-state index in [0.717, 1.165) is 35.6 Å². The van der Waals surface area contributed by atoms with Crippen LogP contribution in [0.3, 0.4) is 0 Å². The summed E-state index contributed by atoms with van der Waals surface area (Å²) in [6.45, 7) is 4.65. The number of alkyl halides is 1. The quantitative estimate of drug-likeness (QED) is 0.562. The van der Waals surface area contributed by atoms with Gasteiger partial charge in [0.05, 0.1) is 23.6 Å². The Bertz CT molecular complexity index is 1300. The lowest BCUT2D eigenvalue weighted by molar-refractivity contribution is 0.0940. The van der Waals surface area contributed by atoms with Gasteiger partial charge in [0.25, 0.3) is 5.91 Å². The number of carbonyl (C=O) groups is 1. The van der Waals surface area contributed by atoms with E-state index in [1.54, 1.807) is 6.21 Å². The summed E-state index contributed by atoms with van der Waals surface area (Å²) in [6, 6.07) is 7.71. The summed E-state index contributed by atoms with van der Waals surface area (Å²) in [6.07, 6.45) is 5.53. The first-order valence-electron chi connectivity index (χ1n) is 11.1. The summed E-state index contributed by atoms with van der Waals surface area (Å²) in [5.41, 5.74) is 5.91. The fourth-order valence-corrected chi connectivity index (χ4v) is 4.33. The maximum Gasteiger partial charge on any atom is 0.271 e. The van der Waals surface area contributed by atoms with Crippen molar-refractivity contribution < 1.29 is 9.18 Å². The monoisotopic (exact) mass is 447 g/mol. The standard InChI is InChI=1S/C24H26FN7O/c1-4-17(27-5-2)14-7-6-8-20-15(14)9-10-31(20)22-12-19(26-3)23-28-13-21(32(23)30-22)24(33)29-18-11-16(18)25/h4-8,12-13,16,18,26H,9-11H2,1-3H3,(H,29,33)/b17-4-,27-5?. The van der Waals surface area contributed by atoms with Crippen LogP contribution >= 0.6 is 0 Å². The number of carbonyl (C=O) groups excluding carboxylic acids is 1.